The molecule has 3 heterocycles. The van der Waals surface area contributed by atoms with Gasteiger partial charge >= 0.3 is 0 Å². The summed E-state index contributed by atoms with van der Waals surface area (Å²) in [6.07, 6.45) is 6.70. The average molecular weight is 443 g/mol. The van der Waals surface area contributed by atoms with Crippen molar-refractivity contribution in [1.82, 2.24) is 19.7 Å². The van der Waals surface area contributed by atoms with Crippen LogP contribution >= 0.6 is 11.3 Å². The van der Waals surface area contributed by atoms with E-state index in [0.29, 0.717) is 6.61 Å². The highest BCUT2D eigenvalue weighted by Gasteiger charge is 2.28. The average Bonchev–Trinajstić information content (AvgIpc) is 3.36. The first kappa shape index (κ1) is 21.8. The lowest BCUT2D eigenvalue weighted by atomic mass is 9.99. The fourth-order valence-electron chi connectivity index (χ4n) is 4.32. The Labute approximate surface area is 187 Å². The molecule has 1 atom stereocenters. The minimum absolute atomic E-state index is 0.102. The van der Waals surface area contributed by atoms with E-state index in [1.807, 2.05) is 21.9 Å². The summed E-state index contributed by atoms with van der Waals surface area (Å²) in [4.78, 5) is 34.6. The van der Waals surface area contributed by atoms with Crippen molar-refractivity contribution in [3.05, 3.63) is 46.4 Å². The smallest absolute Gasteiger partial charge is 0.265 e. The molecule has 166 valence electrons. The van der Waals surface area contributed by atoms with Gasteiger partial charge in [0.2, 0.25) is 6.41 Å². The summed E-state index contributed by atoms with van der Waals surface area (Å²) in [7, 11) is 0. The van der Waals surface area contributed by atoms with Crippen LogP contribution in [-0.2, 0) is 11.3 Å². The van der Waals surface area contributed by atoms with Gasteiger partial charge in [0.15, 0.2) is 0 Å². The van der Waals surface area contributed by atoms with Crippen LogP contribution in [0.15, 0.2) is 36.0 Å². The number of carbonyl (C=O) groups excluding carboxylic acids is 2. The van der Waals surface area contributed by atoms with Crippen LogP contribution in [0.1, 0.15) is 40.9 Å². The maximum Gasteiger partial charge on any atom is 0.265 e. The highest BCUT2D eigenvalue weighted by atomic mass is 32.1. The normalized spacial score (nSPS) is 19.9. The number of aromatic nitrogens is 1. The van der Waals surface area contributed by atoms with E-state index in [2.05, 4.69) is 22.0 Å². The third-order valence-electron chi connectivity index (χ3n) is 6.14. The van der Waals surface area contributed by atoms with E-state index in [9.17, 15) is 9.59 Å². The number of piperazine rings is 1. The van der Waals surface area contributed by atoms with Gasteiger partial charge in [-0.05, 0) is 37.0 Å². The molecule has 0 saturated carbocycles. The molecule has 2 fully saturated rings. The third-order valence-corrected chi connectivity index (χ3v) is 6.90. The van der Waals surface area contributed by atoms with E-state index in [1.165, 1.54) is 16.9 Å². The SMILES string of the molecule is O=CN1CCN(Cc2ccc(OCC[C@@H]3CCCCN3C(=O)c3cncs3)cc2)CC1. The van der Waals surface area contributed by atoms with Crippen LogP contribution in [-0.4, -0.2) is 77.4 Å². The van der Waals surface area contributed by atoms with Gasteiger partial charge in [0.25, 0.3) is 5.91 Å². The number of hydrogen-bond donors (Lipinski definition) is 0. The molecule has 31 heavy (non-hydrogen) atoms. The van der Waals surface area contributed by atoms with Gasteiger partial charge in [0.05, 0.1) is 18.3 Å². The van der Waals surface area contributed by atoms with Crippen molar-refractivity contribution in [2.45, 2.75) is 38.3 Å². The maximum absolute atomic E-state index is 12.8. The highest BCUT2D eigenvalue weighted by Crippen LogP contribution is 2.24. The van der Waals surface area contributed by atoms with Crippen molar-refractivity contribution in [1.29, 1.82) is 0 Å². The zero-order valence-corrected chi connectivity index (χ0v) is 18.6. The molecule has 2 saturated heterocycles. The van der Waals surface area contributed by atoms with Gasteiger partial charge < -0.3 is 14.5 Å². The fourth-order valence-corrected chi connectivity index (χ4v) is 4.90. The Morgan fingerprint density at radius 3 is 2.65 bits per heavy atom. The summed E-state index contributed by atoms with van der Waals surface area (Å²) in [5.41, 5.74) is 2.96. The standard InChI is InChI=1S/C23H30N4O3S/c28-18-26-12-10-25(11-13-26)16-19-4-6-21(7-5-19)30-14-8-20-3-1-2-9-27(20)23(29)22-15-24-17-31-22/h4-7,15,17-18,20H,1-3,8-14,16H2/t20-/m0/s1. The van der Waals surface area contributed by atoms with Gasteiger partial charge in [-0.25, -0.2) is 0 Å². The van der Waals surface area contributed by atoms with Crippen LogP contribution < -0.4 is 4.74 Å². The predicted molar refractivity (Wildman–Crippen MR) is 120 cm³/mol. The quantitative estimate of drug-likeness (QED) is 0.588. The van der Waals surface area contributed by atoms with Gasteiger partial charge in [0, 0.05) is 51.7 Å². The molecular weight excluding hydrogens is 412 g/mol. The van der Waals surface area contributed by atoms with Gasteiger partial charge in [-0.2, -0.15) is 0 Å². The van der Waals surface area contributed by atoms with Crippen molar-refractivity contribution in [3.63, 3.8) is 0 Å². The topological polar surface area (TPSA) is 66.0 Å². The zero-order chi connectivity index (χ0) is 21.5. The molecular formula is C23H30N4O3S. The number of amides is 2. The zero-order valence-electron chi connectivity index (χ0n) is 17.8. The van der Waals surface area contributed by atoms with E-state index < -0.39 is 0 Å². The first-order valence-corrected chi connectivity index (χ1v) is 11.9. The number of piperidine rings is 1. The number of thiazole rings is 1. The van der Waals surface area contributed by atoms with E-state index in [0.717, 1.165) is 82.0 Å². The van der Waals surface area contributed by atoms with Crippen molar-refractivity contribution in [3.8, 4) is 5.75 Å². The second-order valence-corrected chi connectivity index (χ2v) is 9.10. The molecule has 1 aromatic carbocycles. The first-order chi connectivity index (χ1) is 15.2. The summed E-state index contributed by atoms with van der Waals surface area (Å²) in [5.74, 6) is 0.969. The van der Waals surface area contributed by atoms with E-state index >= 15 is 0 Å². The summed E-state index contributed by atoms with van der Waals surface area (Å²) in [6, 6.07) is 8.51. The molecule has 4 rings (SSSR count). The van der Waals surface area contributed by atoms with Crippen LogP contribution in [0.2, 0.25) is 0 Å². The van der Waals surface area contributed by atoms with E-state index in [4.69, 9.17) is 4.74 Å². The minimum Gasteiger partial charge on any atom is -0.494 e. The predicted octanol–water partition coefficient (Wildman–Crippen LogP) is 2.88. The van der Waals surface area contributed by atoms with Gasteiger partial charge in [-0.1, -0.05) is 12.1 Å². The Hall–Kier alpha value is -2.45. The molecule has 0 bridgehead atoms. The Kier molecular flexibility index (Phi) is 7.53. The molecule has 1 aromatic heterocycles. The minimum atomic E-state index is 0.102. The maximum atomic E-state index is 12.8. The summed E-state index contributed by atoms with van der Waals surface area (Å²) < 4.78 is 5.99. The molecule has 0 unspecified atom stereocenters. The Morgan fingerprint density at radius 1 is 1.13 bits per heavy atom. The Bertz CT molecular complexity index is 835. The molecule has 0 aliphatic carbocycles. The van der Waals surface area contributed by atoms with Crippen LogP contribution in [0, 0.1) is 0 Å². The van der Waals surface area contributed by atoms with Crippen molar-refractivity contribution >= 4 is 23.7 Å². The van der Waals surface area contributed by atoms with Crippen molar-refractivity contribution < 1.29 is 14.3 Å². The van der Waals surface area contributed by atoms with Gasteiger partial charge in [0.1, 0.15) is 10.6 Å². The molecule has 2 aromatic rings. The number of nitrogens with zero attached hydrogens (tertiary/aromatic N) is 4. The lowest BCUT2D eigenvalue weighted by molar-refractivity contribution is -0.119. The molecule has 2 aliphatic heterocycles. The van der Waals surface area contributed by atoms with E-state index in [1.54, 1.807) is 11.7 Å². The number of carbonyl (C=O) groups is 2. The molecule has 8 heteroatoms. The largest absolute Gasteiger partial charge is 0.494 e. The van der Waals surface area contributed by atoms with Gasteiger partial charge in [-0.15, -0.1) is 11.3 Å². The molecule has 2 aliphatic rings. The lowest BCUT2D eigenvalue weighted by Crippen LogP contribution is -2.45. The summed E-state index contributed by atoms with van der Waals surface area (Å²) >= 11 is 1.41. The number of benzene rings is 1. The second kappa shape index (κ2) is 10.7. The second-order valence-electron chi connectivity index (χ2n) is 8.21. The third kappa shape index (κ3) is 5.83. The number of rotatable bonds is 8. The van der Waals surface area contributed by atoms with Crippen LogP contribution in [0.5, 0.6) is 5.75 Å². The number of likely N-dealkylation sites (tertiary alicyclic amines) is 1. The highest BCUT2D eigenvalue weighted by molar-refractivity contribution is 7.11. The fraction of sp³-hybridized carbons (Fsp3) is 0.522. The summed E-state index contributed by atoms with van der Waals surface area (Å²) in [5, 5.41) is 0. The van der Waals surface area contributed by atoms with E-state index in [-0.39, 0.29) is 11.9 Å². The Morgan fingerprint density at radius 2 is 1.94 bits per heavy atom. The summed E-state index contributed by atoms with van der Waals surface area (Å²) in [6.45, 7) is 5.73. The Balaban J connectivity index is 1.23. The van der Waals surface area contributed by atoms with Crippen LogP contribution in [0.4, 0.5) is 0 Å². The van der Waals surface area contributed by atoms with Crippen LogP contribution in [0.25, 0.3) is 0 Å². The number of ether oxygens (including phenoxy) is 1. The van der Waals surface area contributed by atoms with Gasteiger partial charge in [-0.3, -0.25) is 19.5 Å². The van der Waals surface area contributed by atoms with Crippen molar-refractivity contribution in [2.75, 3.05) is 39.3 Å². The first-order valence-electron chi connectivity index (χ1n) is 11.1. The molecule has 7 nitrogen and oxygen atoms in total. The monoisotopic (exact) mass is 442 g/mol. The lowest BCUT2D eigenvalue weighted by Gasteiger charge is -2.35. The molecule has 0 N–H and O–H groups in total. The van der Waals surface area contributed by atoms with Crippen molar-refractivity contribution in [2.24, 2.45) is 0 Å². The molecule has 2 amide bonds. The molecule has 0 spiro atoms. The van der Waals surface area contributed by atoms with Crippen LogP contribution in [0.3, 0.4) is 0 Å². The molecule has 0 radical (unpaired) electrons. The number of hydrogen-bond acceptors (Lipinski definition) is 6.